The Balaban J connectivity index is 1.34. The van der Waals surface area contributed by atoms with E-state index in [1.807, 2.05) is 0 Å². The molecule has 0 nitrogen and oxygen atoms in total. The maximum absolute atomic E-state index is 2.43. The maximum atomic E-state index is 2.43. The van der Waals surface area contributed by atoms with Crippen molar-refractivity contribution in [1.29, 1.82) is 0 Å². The van der Waals surface area contributed by atoms with Gasteiger partial charge in [-0.05, 0) is 66.9 Å². The molecule has 0 heterocycles. The zero-order valence-corrected chi connectivity index (χ0v) is 18.9. The van der Waals surface area contributed by atoms with Crippen molar-refractivity contribution in [2.45, 2.75) is 122 Å². The third-order valence-corrected chi connectivity index (χ3v) is 8.03. The van der Waals surface area contributed by atoms with Gasteiger partial charge in [-0.15, -0.1) is 0 Å². The Morgan fingerprint density at radius 3 is 1.82 bits per heavy atom. The van der Waals surface area contributed by atoms with Gasteiger partial charge >= 0.3 is 0 Å². The van der Waals surface area contributed by atoms with E-state index in [9.17, 15) is 0 Å². The van der Waals surface area contributed by atoms with Crippen LogP contribution in [0, 0.1) is 17.8 Å². The predicted molar refractivity (Wildman–Crippen MR) is 124 cm³/mol. The van der Waals surface area contributed by atoms with E-state index in [4.69, 9.17) is 0 Å². The van der Waals surface area contributed by atoms with Crippen LogP contribution in [-0.2, 0) is 6.42 Å². The summed E-state index contributed by atoms with van der Waals surface area (Å²) in [6.45, 7) is 4.64. The Morgan fingerprint density at radius 1 is 0.643 bits per heavy atom. The van der Waals surface area contributed by atoms with E-state index >= 15 is 0 Å². The summed E-state index contributed by atoms with van der Waals surface area (Å²) in [6, 6.07) is 9.30. The first kappa shape index (κ1) is 21.9. The van der Waals surface area contributed by atoms with Crippen molar-refractivity contribution >= 4 is 0 Å². The fourth-order valence-corrected chi connectivity index (χ4v) is 6.15. The Morgan fingerprint density at radius 2 is 1.21 bits per heavy atom. The third-order valence-electron chi connectivity index (χ3n) is 8.03. The highest BCUT2D eigenvalue weighted by molar-refractivity contribution is 5.31. The lowest BCUT2D eigenvalue weighted by atomic mass is 9.73. The molecule has 0 bridgehead atoms. The molecule has 158 valence electrons. The molecule has 0 radical (unpaired) electrons. The summed E-state index contributed by atoms with van der Waals surface area (Å²) in [5.74, 6) is 4.00. The first-order valence-electron chi connectivity index (χ1n) is 12.9. The number of aryl methyl sites for hydroxylation is 1. The van der Waals surface area contributed by atoms with Crippen LogP contribution in [-0.4, -0.2) is 0 Å². The van der Waals surface area contributed by atoms with Gasteiger partial charge in [0.15, 0.2) is 0 Å². The minimum Gasteiger partial charge on any atom is -0.0654 e. The van der Waals surface area contributed by atoms with Crippen molar-refractivity contribution in [3.05, 3.63) is 35.4 Å². The van der Waals surface area contributed by atoms with Gasteiger partial charge in [0, 0.05) is 0 Å². The summed E-state index contributed by atoms with van der Waals surface area (Å²) in [5.41, 5.74) is 3.31. The number of hydrogen-bond acceptors (Lipinski definition) is 0. The van der Waals surface area contributed by atoms with E-state index in [1.165, 1.54) is 103 Å². The second-order valence-electron chi connectivity index (χ2n) is 10.1. The van der Waals surface area contributed by atoms with Crippen LogP contribution in [0.25, 0.3) is 0 Å². The molecule has 2 aliphatic rings. The van der Waals surface area contributed by atoms with Gasteiger partial charge in [0.2, 0.25) is 0 Å². The van der Waals surface area contributed by atoms with Crippen molar-refractivity contribution in [1.82, 2.24) is 0 Å². The fourth-order valence-electron chi connectivity index (χ4n) is 6.15. The molecule has 0 unspecified atom stereocenters. The molecule has 0 atom stereocenters. The van der Waals surface area contributed by atoms with Crippen LogP contribution >= 0.6 is 0 Å². The predicted octanol–water partition coefficient (Wildman–Crippen LogP) is 9.08. The number of benzene rings is 1. The molecule has 2 fully saturated rings. The summed E-state index contributed by atoms with van der Waals surface area (Å²) >= 11 is 0. The Hall–Kier alpha value is -0.780. The average molecular weight is 383 g/mol. The SMILES string of the molecule is CCCCC[C@H]1CC[C@H](CC[C@H]2CC[C@H](c3ccccc3CCC)CC2)CC1. The average Bonchev–Trinajstić information content (AvgIpc) is 2.74. The van der Waals surface area contributed by atoms with Gasteiger partial charge in [0.1, 0.15) is 0 Å². The minimum absolute atomic E-state index is 0.845. The van der Waals surface area contributed by atoms with Gasteiger partial charge in [0.05, 0.1) is 0 Å². The highest BCUT2D eigenvalue weighted by Crippen LogP contribution is 2.41. The van der Waals surface area contributed by atoms with E-state index < -0.39 is 0 Å². The van der Waals surface area contributed by atoms with Crippen LogP contribution in [0.15, 0.2) is 24.3 Å². The van der Waals surface area contributed by atoms with Crippen LogP contribution in [0.2, 0.25) is 0 Å². The molecule has 0 aliphatic heterocycles. The quantitative estimate of drug-likeness (QED) is 0.354. The smallest absolute Gasteiger partial charge is 0.0159 e. The zero-order valence-electron chi connectivity index (χ0n) is 18.9. The topological polar surface area (TPSA) is 0 Å². The summed E-state index contributed by atoms with van der Waals surface area (Å²) in [5, 5.41) is 0. The highest BCUT2D eigenvalue weighted by Gasteiger charge is 2.26. The van der Waals surface area contributed by atoms with Crippen molar-refractivity contribution in [3.8, 4) is 0 Å². The molecule has 0 amide bonds. The molecule has 0 aromatic heterocycles. The van der Waals surface area contributed by atoms with Crippen LogP contribution in [0.1, 0.15) is 127 Å². The largest absolute Gasteiger partial charge is 0.0654 e. The van der Waals surface area contributed by atoms with Crippen molar-refractivity contribution in [3.63, 3.8) is 0 Å². The molecule has 0 saturated heterocycles. The van der Waals surface area contributed by atoms with Gasteiger partial charge < -0.3 is 0 Å². The molecular weight excluding hydrogens is 336 g/mol. The molecule has 1 aromatic carbocycles. The van der Waals surface area contributed by atoms with Gasteiger partial charge in [-0.25, -0.2) is 0 Å². The van der Waals surface area contributed by atoms with Crippen LogP contribution in [0.3, 0.4) is 0 Å². The Kier molecular flexibility index (Phi) is 9.42. The highest BCUT2D eigenvalue weighted by atomic mass is 14.3. The standard InChI is InChI=1S/C28H46/c1-3-5-6-10-23-13-15-24(16-14-23)17-18-25-19-21-27(22-20-25)28-12-8-7-11-26(28)9-4-2/h7-8,11-12,23-25,27H,3-6,9-10,13-22H2,1-2H3/t23-,24-,25-,27-. The van der Waals surface area contributed by atoms with Gasteiger partial charge in [0.25, 0.3) is 0 Å². The lowest BCUT2D eigenvalue weighted by Crippen LogP contribution is -2.18. The monoisotopic (exact) mass is 382 g/mol. The van der Waals surface area contributed by atoms with E-state index in [0.717, 1.165) is 23.7 Å². The number of unbranched alkanes of at least 4 members (excludes halogenated alkanes) is 2. The zero-order chi connectivity index (χ0) is 19.6. The molecular formula is C28H46. The van der Waals surface area contributed by atoms with Gasteiger partial charge in [-0.2, -0.15) is 0 Å². The van der Waals surface area contributed by atoms with Crippen molar-refractivity contribution in [2.75, 3.05) is 0 Å². The maximum Gasteiger partial charge on any atom is -0.0159 e. The lowest BCUT2D eigenvalue weighted by Gasteiger charge is -2.32. The van der Waals surface area contributed by atoms with Crippen LogP contribution < -0.4 is 0 Å². The summed E-state index contributed by atoms with van der Waals surface area (Å²) in [4.78, 5) is 0. The Labute approximate surface area is 175 Å². The number of rotatable bonds is 10. The molecule has 0 N–H and O–H groups in total. The Bertz CT molecular complexity index is 529. The number of hydrogen-bond donors (Lipinski definition) is 0. The fraction of sp³-hybridized carbons (Fsp3) is 0.786. The summed E-state index contributed by atoms with van der Waals surface area (Å²) < 4.78 is 0. The van der Waals surface area contributed by atoms with E-state index in [0.29, 0.717) is 0 Å². The summed E-state index contributed by atoms with van der Waals surface area (Å²) in [6.07, 6.45) is 23.4. The van der Waals surface area contributed by atoms with Crippen LogP contribution in [0.5, 0.6) is 0 Å². The third kappa shape index (κ3) is 6.64. The molecule has 0 spiro atoms. The minimum atomic E-state index is 0.845. The van der Waals surface area contributed by atoms with Crippen LogP contribution in [0.4, 0.5) is 0 Å². The molecule has 3 rings (SSSR count). The molecule has 1 aromatic rings. The molecule has 28 heavy (non-hydrogen) atoms. The molecule has 2 saturated carbocycles. The molecule has 2 aliphatic carbocycles. The second-order valence-corrected chi connectivity index (χ2v) is 10.1. The lowest BCUT2D eigenvalue weighted by molar-refractivity contribution is 0.222. The van der Waals surface area contributed by atoms with Gasteiger partial charge in [-0.1, -0.05) is 109 Å². The summed E-state index contributed by atoms with van der Waals surface area (Å²) in [7, 11) is 0. The second kappa shape index (κ2) is 12.0. The van der Waals surface area contributed by atoms with E-state index in [1.54, 1.807) is 11.1 Å². The van der Waals surface area contributed by atoms with Crippen molar-refractivity contribution < 1.29 is 0 Å². The first-order chi connectivity index (χ1) is 13.8. The first-order valence-corrected chi connectivity index (χ1v) is 12.9. The van der Waals surface area contributed by atoms with E-state index in [2.05, 4.69) is 38.1 Å². The molecule has 0 heteroatoms. The normalized spacial score (nSPS) is 28.4. The van der Waals surface area contributed by atoms with Gasteiger partial charge in [-0.3, -0.25) is 0 Å². The van der Waals surface area contributed by atoms with E-state index in [-0.39, 0.29) is 0 Å². The van der Waals surface area contributed by atoms with Crippen molar-refractivity contribution in [2.24, 2.45) is 17.8 Å².